The number of hydrogen-bond donors (Lipinski definition) is 2. The number of ether oxygens (including phenoxy) is 1. The molecular formula is C15H25N3O2. The number of benzene rings is 1. The van der Waals surface area contributed by atoms with E-state index in [2.05, 4.69) is 31.0 Å². The number of carbonyl (C=O) groups excluding carboxylic acids is 1. The third-order valence-corrected chi connectivity index (χ3v) is 2.94. The van der Waals surface area contributed by atoms with E-state index in [1.807, 2.05) is 24.3 Å². The highest BCUT2D eigenvalue weighted by atomic mass is 16.5. The monoisotopic (exact) mass is 279 g/mol. The summed E-state index contributed by atoms with van der Waals surface area (Å²) >= 11 is 0. The quantitative estimate of drug-likeness (QED) is 0.712. The summed E-state index contributed by atoms with van der Waals surface area (Å²) in [5.74, 6) is -0.164. The molecule has 0 aromatic heterocycles. The summed E-state index contributed by atoms with van der Waals surface area (Å²) in [5.41, 5.74) is 7.21. The van der Waals surface area contributed by atoms with Crippen molar-refractivity contribution in [3.05, 3.63) is 24.3 Å². The molecule has 0 heterocycles. The zero-order chi connectivity index (χ0) is 15.0. The standard InChI is InChI=1S/C15H25N3O2/c1-4-18(12(2)3)14-7-5-13(6-8-14)17-15(19)11-20-10-9-16/h5-8,12H,4,9-11,16H2,1-3H3,(H,17,19). The van der Waals surface area contributed by atoms with E-state index in [4.69, 9.17) is 10.5 Å². The van der Waals surface area contributed by atoms with E-state index in [1.165, 1.54) is 0 Å². The number of nitrogens with two attached hydrogens (primary N) is 1. The normalized spacial score (nSPS) is 10.7. The van der Waals surface area contributed by atoms with Gasteiger partial charge in [-0.1, -0.05) is 0 Å². The zero-order valence-corrected chi connectivity index (χ0v) is 12.6. The third kappa shape index (κ3) is 5.19. The Morgan fingerprint density at radius 1 is 1.35 bits per heavy atom. The second-order valence-electron chi connectivity index (χ2n) is 4.82. The fourth-order valence-corrected chi connectivity index (χ4v) is 2.03. The van der Waals surface area contributed by atoms with Crippen molar-refractivity contribution in [3.8, 4) is 0 Å². The van der Waals surface area contributed by atoms with E-state index >= 15 is 0 Å². The Balaban J connectivity index is 2.56. The zero-order valence-electron chi connectivity index (χ0n) is 12.6. The van der Waals surface area contributed by atoms with Crippen molar-refractivity contribution in [2.24, 2.45) is 5.73 Å². The first-order valence-electron chi connectivity index (χ1n) is 7.02. The number of anilines is 2. The summed E-state index contributed by atoms with van der Waals surface area (Å²) in [6, 6.07) is 8.28. The lowest BCUT2D eigenvalue weighted by Crippen LogP contribution is -2.30. The third-order valence-electron chi connectivity index (χ3n) is 2.94. The molecule has 1 amide bonds. The van der Waals surface area contributed by atoms with Gasteiger partial charge in [0.05, 0.1) is 6.61 Å². The molecule has 0 atom stereocenters. The smallest absolute Gasteiger partial charge is 0.250 e. The van der Waals surface area contributed by atoms with Crippen LogP contribution in [0, 0.1) is 0 Å². The van der Waals surface area contributed by atoms with Crippen molar-refractivity contribution in [2.75, 3.05) is 36.5 Å². The summed E-state index contributed by atoms with van der Waals surface area (Å²) in [5, 5.41) is 2.79. The molecule has 0 saturated carbocycles. The molecule has 1 rings (SSSR count). The van der Waals surface area contributed by atoms with Gasteiger partial charge in [0.25, 0.3) is 0 Å². The molecular weight excluding hydrogens is 254 g/mol. The molecule has 5 nitrogen and oxygen atoms in total. The minimum absolute atomic E-state index is 0.0338. The second-order valence-corrected chi connectivity index (χ2v) is 4.82. The predicted octanol–water partition coefficient (Wildman–Crippen LogP) is 1.84. The highest BCUT2D eigenvalue weighted by molar-refractivity contribution is 5.91. The van der Waals surface area contributed by atoms with Crippen LogP contribution in [0.4, 0.5) is 11.4 Å². The fraction of sp³-hybridized carbons (Fsp3) is 0.533. The minimum atomic E-state index is -0.164. The number of carbonyl (C=O) groups is 1. The average Bonchev–Trinajstić information content (AvgIpc) is 2.41. The van der Waals surface area contributed by atoms with Gasteiger partial charge in [0.15, 0.2) is 0 Å². The first-order valence-corrected chi connectivity index (χ1v) is 7.02. The molecule has 0 radical (unpaired) electrons. The van der Waals surface area contributed by atoms with Gasteiger partial charge in [-0.25, -0.2) is 0 Å². The first kappa shape index (κ1) is 16.5. The molecule has 0 bridgehead atoms. The second kappa shape index (κ2) is 8.55. The van der Waals surface area contributed by atoms with Gasteiger partial charge in [-0.05, 0) is 45.0 Å². The number of nitrogens with zero attached hydrogens (tertiary/aromatic N) is 1. The molecule has 1 aromatic rings. The van der Waals surface area contributed by atoms with Crippen LogP contribution in [-0.4, -0.2) is 38.3 Å². The highest BCUT2D eigenvalue weighted by Gasteiger charge is 2.08. The van der Waals surface area contributed by atoms with Crippen molar-refractivity contribution in [3.63, 3.8) is 0 Å². The van der Waals surface area contributed by atoms with Crippen LogP contribution >= 0.6 is 0 Å². The Hall–Kier alpha value is -1.59. The number of hydrogen-bond acceptors (Lipinski definition) is 4. The molecule has 112 valence electrons. The number of rotatable bonds is 8. The molecule has 0 fully saturated rings. The molecule has 1 aromatic carbocycles. The Morgan fingerprint density at radius 3 is 2.50 bits per heavy atom. The fourth-order valence-electron chi connectivity index (χ4n) is 2.03. The molecule has 3 N–H and O–H groups in total. The van der Waals surface area contributed by atoms with Crippen LogP contribution in [0.5, 0.6) is 0 Å². The SMILES string of the molecule is CCN(c1ccc(NC(=O)COCCN)cc1)C(C)C. The largest absolute Gasteiger partial charge is 0.370 e. The van der Waals surface area contributed by atoms with E-state index < -0.39 is 0 Å². The Morgan fingerprint density at radius 2 is 2.00 bits per heavy atom. The molecule has 20 heavy (non-hydrogen) atoms. The summed E-state index contributed by atoms with van der Waals surface area (Å²) in [4.78, 5) is 13.9. The van der Waals surface area contributed by atoms with Gasteiger partial charge < -0.3 is 20.7 Å². The summed E-state index contributed by atoms with van der Waals surface area (Å²) in [6.07, 6.45) is 0. The Kier molecular flexibility index (Phi) is 7.04. The molecule has 0 spiro atoms. The van der Waals surface area contributed by atoms with Crippen molar-refractivity contribution in [1.29, 1.82) is 0 Å². The van der Waals surface area contributed by atoms with Crippen LogP contribution in [0.25, 0.3) is 0 Å². The van der Waals surface area contributed by atoms with Crippen LogP contribution in [0.3, 0.4) is 0 Å². The van der Waals surface area contributed by atoms with Gasteiger partial charge in [0.1, 0.15) is 6.61 Å². The van der Waals surface area contributed by atoms with Gasteiger partial charge in [0, 0.05) is 30.5 Å². The highest BCUT2D eigenvalue weighted by Crippen LogP contribution is 2.19. The van der Waals surface area contributed by atoms with Gasteiger partial charge in [-0.3, -0.25) is 4.79 Å². The lowest BCUT2D eigenvalue weighted by molar-refractivity contribution is -0.120. The maximum Gasteiger partial charge on any atom is 0.250 e. The van der Waals surface area contributed by atoms with Crippen molar-refractivity contribution in [2.45, 2.75) is 26.8 Å². The Labute approximate surface area is 121 Å². The molecule has 0 aliphatic heterocycles. The van der Waals surface area contributed by atoms with Crippen LogP contribution < -0.4 is 16.0 Å². The lowest BCUT2D eigenvalue weighted by atomic mass is 10.2. The maximum absolute atomic E-state index is 11.6. The van der Waals surface area contributed by atoms with Crippen molar-refractivity contribution < 1.29 is 9.53 Å². The number of amides is 1. The van der Waals surface area contributed by atoms with Gasteiger partial charge >= 0.3 is 0 Å². The van der Waals surface area contributed by atoms with Crippen molar-refractivity contribution >= 4 is 17.3 Å². The van der Waals surface area contributed by atoms with Crippen LogP contribution in [0.15, 0.2) is 24.3 Å². The summed E-state index contributed by atoms with van der Waals surface area (Å²) in [6.45, 7) is 8.25. The van der Waals surface area contributed by atoms with Gasteiger partial charge in [-0.2, -0.15) is 0 Å². The summed E-state index contributed by atoms with van der Waals surface area (Å²) in [7, 11) is 0. The molecule has 0 aliphatic carbocycles. The van der Waals surface area contributed by atoms with Crippen LogP contribution in [0.2, 0.25) is 0 Å². The number of nitrogens with one attached hydrogen (secondary N) is 1. The van der Waals surface area contributed by atoms with E-state index in [0.29, 0.717) is 19.2 Å². The van der Waals surface area contributed by atoms with Gasteiger partial charge in [-0.15, -0.1) is 0 Å². The molecule has 0 unspecified atom stereocenters. The van der Waals surface area contributed by atoms with E-state index in [0.717, 1.165) is 17.9 Å². The van der Waals surface area contributed by atoms with E-state index in [1.54, 1.807) is 0 Å². The van der Waals surface area contributed by atoms with Gasteiger partial charge in [0.2, 0.25) is 5.91 Å². The Bertz CT molecular complexity index is 404. The molecule has 0 saturated heterocycles. The molecule has 5 heteroatoms. The molecule has 0 aliphatic rings. The predicted molar refractivity (Wildman–Crippen MR) is 83.1 cm³/mol. The first-order chi connectivity index (χ1) is 9.58. The lowest BCUT2D eigenvalue weighted by Gasteiger charge is -2.27. The van der Waals surface area contributed by atoms with Crippen LogP contribution in [0.1, 0.15) is 20.8 Å². The van der Waals surface area contributed by atoms with Crippen LogP contribution in [-0.2, 0) is 9.53 Å². The van der Waals surface area contributed by atoms with Crippen molar-refractivity contribution in [1.82, 2.24) is 0 Å². The average molecular weight is 279 g/mol. The minimum Gasteiger partial charge on any atom is -0.370 e. The maximum atomic E-state index is 11.6. The van der Waals surface area contributed by atoms with E-state index in [-0.39, 0.29) is 12.5 Å². The summed E-state index contributed by atoms with van der Waals surface area (Å²) < 4.78 is 5.08. The van der Waals surface area contributed by atoms with E-state index in [9.17, 15) is 4.79 Å². The topological polar surface area (TPSA) is 67.6 Å².